The van der Waals surface area contributed by atoms with Crippen LogP contribution in [0.3, 0.4) is 0 Å². The molecule has 0 saturated heterocycles. The van der Waals surface area contributed by atoms with Crippen molar-refractivity contribution in [1.29, 1.82) is 0 Å². The first-order valence-electron chi connectivity index (χ1n) is 5.10. The van der Waals surface area contributed by atoms with Gasteiger partial charge in [0.05, 0.1) is 4.90 Å². The van der Waals surface area contributed by atoms with E-state index in [9.17, 15) is 8.42 Å². The van der Waals surface area contributed by atoms with Crippen molar-refractivity contribution in [3.8, 4) is 0 Å². The second-order valence-electron chi connectivity index (χ2n) is 3.44. The summed E-state index contributed by atoms with van der Waals surface area (Å²) in [6.45, 7) is 6.17. The summed E-state index contributed by atoms with van der Waals surface area (Å²) in [6.07, 6.45) is 0.924. The lowest BCUT2D eigenvalue weighted by Crippen LogP contribution is -2.23. The Kier molecular flexibility index (Phi) is 3.88. The molecule has 3 nitrogen and oxygen atoms in total. The smallest absolute Gasteiger partial charge is 0.211 e. The van der Waals surface area contributed by atoms with Gasteiger partial charge < -0.3 is 0 Å². The maximum atomic E-state index is 11.7. The molecular weight excluding hydrogens is 210 g/mol. The molecule has 1 rings (SSSR count). The molecule has 4 heteroatoms. The van der Waals surface area contributed by atoms with E-state index >= 15 is 0 Å². The molecule has 0 amide bonds. The van der Waals surface area contributed by atoms with Gasteiger partial charge in [0.2, 0.25) is 10.0 Å². The van der Waals surface area contributed by atoms with E-state index in [1.807, 2.05) is 13.0 Å². The lowest BCUT2D eigenvalue weighted by Gasteiger charge is -2.08. The van der Waals surface area contributed by atoms with Crippen LogP contribution in [-0.4, -0.2) is 15.0 Å². The zero-order valence-electron chi connectivity index (χ0n) is 9.37. The van der Waals surface area contributed by atoms with Crippen molar-refractivity contribution in [2.24, 2.45) is 0 Å². The van der Waals surface area contributed by atoms with Crippen LogP contribution in [0.1, 0.15) is 25.0 Å². The average Bonchev–Trinajstić information content (AvgIpc) is 2.17. The molecule has 0 saturated carbocycles. The third-order valence-corrected chi connectivity index (χ3v) is 3.88. The molecule has 15 heavy (non-hydrogen) atoms. The third kappa shape index (κ3) is 2.79. The van der Waals surface area contributed by atoms with Crippen LogP contribution in [0, 0.1) is 6.92 Å². The number of rotatable bonds is 4. The molecule has 84 valence electrons. The highest BCUT2D eigenvalue weighted by Gasteiger charge is 2.12. The summed E-state index contributed by atoms with van der Waals surface area (Å²) >= 11 is 0. The van der Waals surface area contributed by atoms with Crippen LogP contribution in [0.2, 0.25) is 0 Å². The molecule has 0 bridgehead atoms. The van der Waals surface area contributed by atoms with Gasteiger partial charge in [-0.05, 0) is 36.6 Å². The fraction of sp³-hybridized carbons (Fsp3) is 0.455. The predicted molar refractivity (Wildman–Crippen MR) is 61.4 cm³/mol. The van der Waals surface area contributed by atoms with Gasteiger partial charge in [0.1, 0.15) is 0 Å². The normalized spacial score (nSPS) is 11.7. The van der Waals surface area contributed by atoms with Crippen LogP contribution in [0.4, 0.5) is 0 Å². The van der Waals surface area contributed by atoms with Crippen molar-refractivity contribution >= 4 is 10.0 Å². The van der Waals surface area contributed by atoms with Gasteiger partial charge in [0, 0.05) is 6.54 Å². The monoisotopic (exact) mass is 227 g/mol. The third-order valence-electron chi connectivity index (χ3n) is 2.34. The van der Waals surface area contributed by atoms with Gasteiger partial charge in [-0.25, -0.2) is 13.1 Å². The molecule has 0 aliphatic rings. The Morgan fingerprint density at radius 1 is 1.27 bits per heavy atom. The molecule has 0 unspecified atom stereocenters. The van der Waals surface area contributed by atoms with E-state index in [0.29, 0.717) is 11.4 Å². The van der Waals surface area contributed by atoms with Crippen molar-refractivity contribution in [3.63, 3.8) is 0 Å². The molecule has 0 fully saturated rings. The Hall–Kier alpha value is -0.870. The van der Waals surface area contributed by atoms with Crippen molar-refractivity contribution in [3.05, 3.63) is 29.3 Å². The van der Waals surface area contributed by atoms with Crippen LogP contribution >= 0.6 is 0 Å². The molecule has 1 aromatic rings. The molecule has 1 N–H and O–H groups in total. The Balaban J connectivity index is 3.13. The fourth-order valence-electron chi connectivity index (χ4n) is 1.51. The summed E-state index contributed by atoms with van der Waals surface area (Å²) in [5, 5.41) is 0. The van der Waals surface area contributed by atoms with E-state index in [-0.39, 0.29) is 0 Å². The first-order valence-corrected chi connectivity index (χ1v) is 6.58. The highest BCUT2D eigenvalue weighted by molar-refractivity contribution is 7.89. The summed E-state index contributed by atoms with van der Waals surface area (Å²) in [5.74, 6) is 0. The van der Waals surface area contributed by atoms with E-state index in [1.165, 1.54) is 5.56 Å². The molecule has 0 atom stereocenters. The van der Waals surface area contributed by atoms with Gasteiger partial charge in [0.25, 0.3) is 0 Å². The van der Waals surface area contributed by atoms with Crippen LogP contribution in [0.15, 0.2) is 23.1 Å². The Morgan fingerprint density at radius 3 is 2.40 bits per heavy atom. The van der Waals surface area contributed by atoms with Crippen molar-refractivity contribution in [1.82, 2.24) is 4.72 Å². The topological polar surface area (TPSA) is 46.2 Å². The van der Waals surface area contributed by atoms with Gasteiger partial charge in [-0.3, -0.25) is 0 Å². The SMILES string of the molecule is CCNS(=O)(=O)c1ccc(CC)c(C)c1. The van der Waals surface area contributed by atoms with Gasteiger partial charge in [-0.15, -0.1) is 0 Å². The van der Waals surface area contributed by atoms with Crippen molar-refractivity contribution < 1.29 is 8.42 Å². The zero-order valence-corrected chi connectivity index (χ0v) is 10.2. The lowest BCUT2D eigenvalue weighted by atomic mass is 10.1. The minimum absolute atomic E-state index is 0.346. The minimum Gasteiger partial charge on any atom is -0.211 e. The lowest BCUT2D eigenvalue weighted by molar-refractivity contribution is 0.584. The maximum Gasteiger partial charge on any atom is 0.240 e. The second kappa shape index (κ2) is 4.77. The van der Waals surface area contributed by atoms with E-state index < -0.39 is 10.0 Å². The van der Waals surface area contributed by atoms with E-state index in [1.54, 1.807) is 19.1 Å². The standard InChI is InChI=1S/C11H17NO2S/c1-4-10-6-7-11(8-9(10)3)15(13,14)12-5-2/h6-8,12H,4-5H2,1-3H3. The summed E-state index contributed by atoms with van der Waals surface area (Å²) in [5.41, 5.74) is 2.21. The number of nitrogens with one attached hydrogen (secondary N) is 1. The second-order valence-corrected chi connectivity index (χ2v) is 5.21. The molecule has 0 spiro atoms. The maximum absolute atomic E-state index is 11.7. The number of hydrogen-bond donors (Lipinski definition) is 1. The summed E-state index contributed by atoms with van der Waals surface area (Å²) in [4.78, 5) is 0.346. The molecule has 0 heterocycles. The highest BCUT2D eigenvalue weighted by Crippen LogP contribution is 2.15. The predicted octanol–water partition coefficient (Wildman–Crippen LogP) is 1.86. The summed E-state index contributed by atoms with van der Waals surface area (Å²) < 4.78 is 25.8. The van der Waals surface area contributed by atoms with E-state index in [0.717, 1.165) is 12.0 Å². The van der Waals surface area contributed by atoms with E-state index in [2.05, 4.69) is 11.6 Å². The minimum atomic E-state index is -3.31. The largest absolute Gasteiger partial charge is 0.240 e. The molecule has 0 radical (unpaired) electrons. The van der Waals surface area contributed by atoms with Gasteiger partial charge >= 0.3 is 0 Å². The molecule has 0 aromatic heterocycles. The van der Waals surface area contributed by atoms with Crippen molar-refractivity contribution in [2.75, 3.05) is 6.54 Å². The highest BCUT2D eigenvalue weighted by atomic mass is 32.2. The van der Waals surface area contributed by atoms with E-state index in [4.69, 9.17) is 0 Å². The quantitative estimate of drug-likeness (QED) is 0.853. The zero-order chi connectivity index (χ0) is 11.5. The summed E-state index contributed by atoms with van der Waals surface area (Å²) in [6, 6.07) is 5.25. The Labute approximate surface area is 91.6 Å². The van der Waals surface area contributed by atoms with Gasteiger partial charge in [0.15, 0.2) is 0 Å². The van der Waals surface area contributed by atoms with Crippen LogP contribution in [0.5, 0.6) is 0 Å². The van der Waals surface area contributed by atoms with Crippen molar-refractivity contribution in [2.45, 2.75) is 32.1 Å². The first-order chi connectivity index (χ1) is 7.01. The number of aryl methyl sites for hydroxylation is 2. The van der Waals surface area contributed by atoms with Crippen LogP contribution < -0.4 is 4.72 Å². The van der Waals surface area contributed by atoms with Gasteiger partial charge in [-0.1, -0.05) is 19.9 Å². The van der Waals surface area contributed by atoms with Crippen LogP contribution in [-0.2, 0) is 16.4 Å². The molecule has 0 aliphatic carbocycles. The average molecular weight is 227 g/mol. The Morgan fingerprint density at radius 2 is 1.93 bits per heavy atom. The van der Waals surface area contributed by atoms with Gasteiger partial charge in [-0.2, -0.15) is 0 Å². The first kappa shape index (κ1) is 12.2. The fourth-order valence-corrected chi connectivity index (χ4v) is 2.63. The number of sulfonamides is 1. The number of benzene rings is 1. The molecule has 0 aliphatic heterocycles. The molecule has 1 aromatic carbocycles. The van der Waals surface area contributed by atoms with Crippen LogP contribution in [0.25, 0.3) is 0 Å². The molecular formula is C11H17NO2S. The number of hydrogen-bond acceptors (Lipinski definition) is 2. The Bertz CT molecular complexity index is 438. The summed E-state index contributed by atoms with van der Waals surface area (Å²) in [7, 11) is -3.31.